The minimum atomic E-state index is -4.54. The molecule has 0 aliphatic heterocycles. The Morgan fingerprint density at radius 2 is 1.51 bits per heavy atom. The van der Waals surface area contributed by atoms with Gasteiger partial charge < -0.3 is 9.84 Å². The third-order valence-electron chi connectivity index (χ3n) is 6.48. The van der Waals surface area contributed by atoms with Crippen molar-refractivity contribution < 1.29 is 32.2 Å². The predicted octanol–water partition coefficient (Wildman–Crippen LogP) is 6.43. The number of aryl methyl sites for hydroxylation is 1. The molecule has 0 saturated carbocycles. The second-order valence-electron chi connectivity index (χ2n) is 9.60. The van der Waals surface area contributed by atoms with E-state index in [9.17, 15) is 28.4 Å². The van der Waals surface area contributed by atoms with Gasteiger partial charge >= 0.3 is 5.97 Å². The third kappa shape index (κ3) is 11.1. The number of ether oxygens (including phenoxy) is 1. The number of nitro benzene ring substituents is 1. The Morgan fingerprint density at radius 1 is 0.923 bits per heavy atom. The maximum Gasteiger partial charge on any atom is 0.339 e. The average Bonchev–Trinajstić information content (AvgIpc) is 2.92. The van der Waals surface area contributed by atoms with Gasteiger partial charge in [0.25, 0.3) is 15.8 Å². The molecule has 9 nitrogen and oxygen atoms in total. The van der Waals surface area contributed by atoms with Crippen LogP contribution in [0.3, 0.4) is 0 Å². The molecule has 1 N–H and O–H groups in total. The quantitative estimate of drug-likeness (QED) is 0.0680. The first-order chi connectivity index (χ1) is 18.7. The van der Waals surface area contributed by atoms with Crippen molar-refractivity contribution in [3.8, 4) is 0 Å². The summed E-state index contributed by atoms with van der Waals surface area (Å²) in [6.45, 7) is 3.74. The van der Waals surface area contributed by atoms with Crippen LogP contribution in [-0.2, 0) is 30.3 Å². The fourth-order valence-corrected chi connectivity index (χ4v) is 5.33. The Kier molecular flexibility index (Phi) is 14.1. The molecule has 0 heterocycles. The molecule has 10 heteroatoms. The lowest BCUT2D eigenvalue weighted by molar-refractivity contribution is -0.384. The van der Waals surface area contributed by atoms with Gasteiger partial charge in [-0.05, 0) is 43.0 Å². The number of aliphatic hydroxyl groups is 1. The number of unbranched alkanes of at least 4 members (excludes halogenated alkanes) is 9. The zero-order chi connectivity index (χ0) is 28.7. The number of nitro groups is 1. The number of aliphatic hydroxyl groups excluding tert-OH is 1. The maximum atomic E-state index is 12.8. The SMILES string of the molecule is CCCCCCCCCCCCc1cccc([C@@H](O)[C@H](OS(=O)(=O)c2ccc([N+](=O)[O-])cc2)C(=O)OCC)c1. The lowest BCUT2D eigenvalue weighted by Gasteiger charge is -2.22. The molecule has 2 aromatic carbocycles. The number of benzene rings is 2. The summed E-state index contributed by atoms with van der Waals surface area (Å²) in [5.74, 6) is -1.03. The zero-order valence-electron chi connectivity index (χ0n) is 22.9. The number of carbonyl (C=O) groups excluding carboxylic acids is 1. The number of hydrogen-bond acceptors (Lipinski definition) is 8. The van der Waals surface area contributed by atoms with Crippen LogP contribution in [0.25, 0.3) is 0 Å². The fourth-order valence-electron chi connectivity index (χ4n) is 4.30. The van der Waals surface area contributed by atoms with Gasteiger partial charge in [-0.3, -0.25) is 10.1 Å². The Morgan fingerprint density at radius 3 is 2.08 bits per heavy atom. The van der Waals surface area contributed by atoms with Gasteiger partial charge in [0.2, 0.25) is 6.10 Å². The van der Waals surface area contributed by atoms with Gasteiger partial charge in [0.15, 0.2) is 0 Å². The number of rotatable bonds is 19. The second kappa shape index (κ2) is 17.0. The molecule has 2 atom stereocenters. The second-order valence-corrected chi connectivity index (χ2v) is 11.2. The molecule has 0 bridgehead atoms. The van der Waals surface area contributed by atoms with Crippen molar-refractivity contribution in [2.45, 2.75) is 102 Å². The summed E-state index contributed by atoms with van der Waals surface area (Å²) in [6.07, 6.45) is 9.61. The highest BCUT2D eigenvalue weighted by Gasteiger charge is 2.36. The van der Waals surface area contributed by atoms with Crippen LogP contribution >= 0.6 is 0 Å². The molecule has 0 unspecified atom stereocenters. The summed E-state index contributed by atoms with van der Waals surface area (Å²) in [7, 11) is -4.54. The van der Waals surface area contributed by atoms with E-state index in [-0.39, 0.29) is 17.2 Å². The lowest BCUT2D eigenvalue weighted by atomic mass is 9.98. The molecule has 0 aliphatic rings. The summed E-state index contributed by atoms with van der Waals surface area (Å²) in [4.78, 5) is 22.4. The zero-order valence-corrected chi connectivity index (χ0v) is 23.7. The van der Waals surface area contributed by atoms with Crippen molar-refractivity contribution in [1.29, 1.82) is 0 Å². The molecule has 216 valence electrons. The predicted molar refractivity (Wildman–Crippen MR) is 149 cm³/mol. The van der Waals surface area contributed by atoms with E-state index >= 15 is 0 Å². The van der Waals surface area contributed by atoms with Crippen LogP contribution in [0.1, 0.15) is 95.3 Å². The highest BCUT2D eigenvalue weighted by atomic mass is 32.2. The van der Waals surface area contributed by atoms with Gasteiger partial charge in [0, 0.05) is 12.1 Å². The van der Waals surface area contributed by atoms with Crippen LogP contribution in [0.2, 0.25) is 0 Å². The maximum absolute atomic E-state index is 12.8. The highest BCUT2D eigenvalue weighted by molar-refractivity contribution is 7.86. The highest BCUT2D eigenvalue weighted by Crippen LogP contribution is 2.27. The number of carbonyl (C=O) groups is 1. The largest absolute Gasteiger partial charge is 0.464 e. The minimum Gasteiger partial charge on any atom is -0.464 e. The third-order valence-corrected chi connectivity index (χ3v) is 7.79. The monoisotopic (exact) mass is 563 g/mol. The van der Waals surface area contributed by atoms with Gasteiger partial charge in [-0.1, -0.05) is 89.0 Å². The summed E-state index contributed by atoms with van der Waals surface area (Å²) < 4.78 is 35.8. The molecule has 0 radical (unpaired) electrons. The molecule has 39 heavy (non-hydrogen) atoms. The van der Waals surface area contributed by atoms with Gasteiger partial charge in [-0.2, -0.15) is 8.42 Å². The molecule has 0 spiro atoms. The Bertz CT molecular complexity index is 1130. The van der Waals surface area contributed by atoms with Crippen LogP contribution < -0.4 is 0 Å². The van der Waals surface area contributed by atoms with Crippen LogP contribution in [0, 0.1) is 10.1 Å². The first-order valence-corrected chi connectivity index (χ1v) is 15.2. The summed E-state index contributed by atoms with van der Waals surface area (Å²) in [5.41, 5.74) is 0.999. The van der Waals surface area contributed by atoms with Crippen LogP contribution in [0.15, 0.2) is 53.4 Å². The molecule has 0 aromatic heterocycles. The van der Waals surface area contributed by atoms with E-state index in [1.807, 2.05) is 6.07 Å². The number of esters is 1. The van der Waals surface area contributed by atoms with Gasteiger partial charge in [-0.15, -0.1) is 0 Å². The van der Waals surface area contributed by atoms with Crippen molar-refractivity contribution in [2.24, 2.45) is 0 Å². The van der Waals surface area contributed by atoms with Crippen molar-refractivity contribution in [2.75, 3.05) is 6.61 Å². The van der Waals surface area contributed by atoms with E-state index in [0.29, 0.717) is 5.56 Å². The summed E-state index contributed by atoms with van der Waals surface area (Å²) in [6, 6.07) is 11.1. The Hall–Kier alpha value is -2.82. The normalized spacial score (nSPS) is 13.1. The minimum absolute atomic E-state index is 0.0399. The van der Waals surface area contributed by atoms with Crippen LogP contribution in [-0.4, -0.2) is 37.1 Å². The average molecular weight is 564 g/mol. The smallest absolute Gasteiger partial charge is 0.339 e. The molecular formula is C29H41NO8S. The van der Waals surface area contributed by atoms with Gasteiger partial charge in [-0.25, -0.2) is 8.98 Å². The molecule has 2 rings (SSSR count). The van der Waals surface area contributed by atoms with Crippen molar-refractivity contribution in [3.05, 3.63) is 69.8 Å². The van der Waals surface area contributed by atoms with E-state index < -0.39 is 33.2 Å². The molecule has 0 amide bonds. The topological polar surface area (TPSA) is 133 Å². The Labute approximate surface area is 231 Å². The van der Waals surface area contributed by atoms with Gasteiger partial charge in [0.1, 0.15) is 6.10 Å². The molecule has 2 aromatic rings. The number of nitrogens with zero attached hydrogens (tertiary/aromatic N) is 1. The van der Waals surface area contributed by atoms with Crippen molar-refractivity contribution in [3.63, 3.8) is 0 Å². The van der Waals surface area contributed by atoms with E-state index in [2.05, 4.69) is 6.92 Å². The van der Waals surface area contributed by atoms with E-state index in [1.165, 1.54) is 51.4 Å². The summed E-state index contributed by atoms with van der Waals surface area (Å²) >= 11 is 0. The fraction of sp³-hybridized carbons (Fsp3) is 0.552. The first-order valence-electron chi connectivity index (χ1n) is 13.8. The number of non-ortho nitro benzene ring substituents is 1. The molecule has 0 aliphatic carbocycles. The molecular weight excluding hydrogens is 522 g/mol. The lowest BCUT2D eigenvalue weighted by Crippen LogP contribution is -2.35. The van der Waals surface area contributed by atoms with Gasteiger partial charge in [0.05, 0.1) is 16.4 Å². The van der Waals surface area contributed by atoms with Crippen molar-refractivity contribution in [1.82, 2.24) is 0 Å². The number of hydrogen-bond donors (Lipinski definition) is 1. The van der Waals surface area contributed by atoms with Crippen LogP contribution in [0.5, 0.6) is 0 Å². The Balaban J connectivity index is 2.01. The van der Waals surface area contributed by atoms with E-state index in [1.54, 1.807) is 25.1 Å². The van der Waals surface area contributed by atoms with E-state index in [4.69, 9.17) is 8.92 Å². The van der Waals surface area contributed by atoms with Crippen LogP contribution in [0.4, 0.5) is 5.69 Å². The molecule has 0 saturated heterocycles. The molecule has 0 fully saturated rings. The van der Waals surface area contributed by atoms with E-state index in [0.717, 1.165) is 49.1 Å². The first kappa shape index (κ1) is 32.4. The standard InChI is InChI=1S/C29H41NO8S/c1-3-5-6-7-8-9-10-11-12-13-15-23-16-14-17-24(22-23)27(31)28(29(32)37-4-2)38-39(35,36)26-20-18-25(19-21-26)30(33)34/h14,16-22,27-28,31H,3-13,15H2,1-2H3/t27-,28+/m1/s1. The summed E-state index contributed by atoms with van der Waals surface area (Å²) in [5, 5.41) is 21.9. The van der Waals surface area contributed by atoms with Crippen molar-refractivity contribution >= 4 is 21.8 Å².